The number of urea groups is 1. The van der Waals surface area contributed by atoms with Crippen LogP contribution in [0.15, 0.2) is 40.3 Å². The molecule has 1 aliphatic heterocycles. The zero-order valence-corrected chi connectivity index (χ0v) is 14.5. The Morgan fingerprint density at radius 2 is 2.13 bits per heavy atom. The summed E-state index contributed by atoms with van der Waals surface area (Å²) in [7, 11) is 0. The van der Waals surface area contributed by atoms with Crippen molar-refractivity contribution in [3.63, 3.8) is 0 Å². The van der Waals surface area contributed by atoms with Crippen LogP contribution in [0.1, 0.15) is 16.7 Å². The summed E-state index contributed by atoms with van der Waals surface area (Å²) in [5.74, 6) is 3.17. The summed E-state index contributed by atoms with van der Waals surface area (Å²) in [6.07, 6.45) is 1.69. The van der Waals surface area contributed by atoms with Gasteiger partial charge in [-0.2, -0.15) is 11.8 Å². The summed E-state index contributed by atoms with van der Waals surface area (Å²) in [6.45, 7) is 3.16. The Kier molecular flexibility index (Phi) is 6.01. The summed E-state index contributed by atoms with van der Waals surface area (Å²) in [5, 5.41) is 7.88. The second-order valence-corrected chi connectivity index (χ2v) is 7.58. The number of rotatable bonds is 6. The average molecular weight is 351 g/mol. The van der Waals surface area contributed by atoms with Gasteiger partial charge in [-0.1, -0.05) is 6.07 Å². The Morgan fingerprint density at radius 3 is 2.83 bits per heavy atom. The summed E-state index contributed by atoms with van der Waals surface area (Å²) >= 11 is 3.62. The SMILES string of the molecule is O=C(NCc1cccs1)NC[C@@H](c1ccco1)N1CCSCC1. The summed E-state index contributed by atoms with van der Waals surface area (Å²) < 4.78 is 5.58. The molecule has 2 aromatic heterocycles. The molecule has 3 heterocycles. The number of amides is 2. The second-order valence-electron chi connectivity index (χ2n) is 5.32. The molecule has 2 N–H and O–H groups in total. The minimum absolute atomic E-state index is 0.0957. The van der Waals surface area contributed by atoms with Crippen LogP contribution in [0, 0.1) is 0 Å². The van der Waals surface area contributed by atoms with E-state index in [0.29, 0.717) is 13.1 Å². The number of thiophene rings is 1. The molecule has 0 spiro atoms. The van der Waals surface area contributed by atoms with Crippen molar-refractivity contribution < 1.29 is 9.21 Å². The summed E-state index contributed by atoms with van der Waals surface area (Å²) in [5.41, 5.74) is 0. The molecule has 0 saturated carbocycles. The van der Waals surface area contributed by atoms with Gasteiger partial charge in [-0.15, -0.1) is 11.3 Å². The number of thioether (sulfide) groups is 1. The molecule has 1 saturated heterocycles. The van der Waals surface area contributed by atoms with E-state index in [4.69, 9.17) is 4.42 Å². The van der Waals surface area contributed by atoms with Gasteiger partial charge in [0.1, 0.15) is 5.76 Å². The zero-order valence-electron chi connectivity index (χ0n) is 12.9. The number of hydrogen-bond acceptors (Lipinski definition) is 5. The fourth-order valence-corrected chi connectivity index (χ4v) is 4.19. The van der Waals surface area contributed by atoms with E-state index in [1.165, 1.54) is 0 Å². The molecule has 5 nitrogen and oxygen atoms in total. The molecule has 1 atom stereocenters. The van der Waals surface area contributed by atoms with Crippen molar-refractivity contribution in [2.75, 3.05) is 31.1 Å². The van der Waals surface area contributed by atoms with Gasteiger partial charge in [0.15, 0.2) is 0 Å². The Hall–Kier alpha value is -1.44. The van der Waals surface area contributed by atoms with Gasteiger partial charge in [-0.3, -0.25) is 4.90 Å². The maximum absolute atomic E-state index is 12.0. The predicted molar refractivity (Wildman–Crippen MR) is 94.9 cm³/mol. The van der Waals surface area contributed by atoms with Crippen LogP contribution in [-0.4, -0.2) is 42.1 Å². The third kappa shape index (κ3) is 4.76. The highest BCUT2D eigenvalue weighted by Gasteiger charge is 2.25. The van der Waals surface area contributed by atoms with Crippen molar-refractivity contribution in [3.05, 3.63) is 46.5 Å². The molecule has 0 aromatic carbocycles. The Bertz CT molecular complexity index is 581. The lowest BCUT2D eigenvalue weighted by Crippen LogP contribution is -2.44. The number of nitrogens with one attached hydrogen (secondary N) is 2. The second kappa shape index (κ2) is 8.42. The van der Waals surface area contributed by atoms with Gasteiger partial charge in [-0.25, -0.2) is 4.79 Å². The van der Waals surface area contributed by atoms with Gasteiger partial charge in [-0.05, 0) is 23.6 Å². The topological polar surface area (TPSA) is 57.5 Å². The molecule has 3 rings (SSSR count). The summed E-state index contributed by atoms with van der Waals surface area (Å²) in [6, 6.07) is 7.85. The van der Waals surface area contributed by atoms with Gasteiger partial charge in [0.05, 0.1) is 18.8 Å². The fourth-order valence-electron chi connectivity index (χ4n) is 2.61. The van der Waals surface area contributed by atoms with E-state index in [1.54, 1.807) is 17.6 Å². The van der Waals surface area contributed by atoms with E-state index in [-0.39, 0.29) is 12.1 Å². The first-order chi connectivity index (χ1) is 11.3. The normalized spacial score (nSPS) is 16.9. The van der Waals surface area contributed by atoms with Crippen molar-refractivity contribution in [2.45, 2.75) is 12.6 Å². The van der Waals surface area contributed by atoms with E-state index in [2.05, 4.69) is 15.5 Å². The number of carbonyl (C=O) groups excluding carboxylic acids is 1. The number of nitrogens with zero attached hydrogens (tertiary/aromatic N) is 1. The largest absolute Gasteiger partial charge is 0.468 e. The molecule has 0 radical (unpaired) electrons. The highest BCUT2D eigenvalue weighted by Crippen LogP contribution is 2.24. The van der Waals surface area contributed by atoms with E-state index >= 15 is 0 Å². The molecule has 124 valence electrons. The standard InChI is InChI=1S/C16H21N3O2S2/c20-16(17-11-13-3-2-8-23-13)18-12-14(15-4-1-7-21-15)19-5-9-22-10-6-19/h1-4,7-8,14H,5-6,9-12H2,(H2,17,18,20)/t14-/m0/s1. The monoisotopic (exact) mass is 351 g/mol. The van der Waals surface area contributed by atoms with Crippen LogP contribution in [0.4, 0.5) is 4.79 Å². The minimum atomic E-state index is -0.138. The smallest absolute Gasteiger partial charge is 0.315 e. The highest BCUT2D eigenvalue weighted by molar-refractivity contribution is 7.99. The molecule has 0 bridgehead atoms. The molecule has 1 fully saturated rings. The van der Waals surface area contributed by atoms with Crippen LogP contribution in [0.5, 0.6) is 0 Å². The van der Waals surface area contributed by atoms with Crippen LogP contribution < -0.4 is 10.6 Å². The van der Waals surface area contributed by atoms with Gasteiger partial charge in [0.2, 0.25) is 0 Å². The van der Waals surface area contributed by atoms with Gasteiger partial charge >= 0.3 is 6.03 Å². The first kappa shape index (κ1) is 16.4. The van der Waals surface area contributed by atoms with Gasteiger partial charge < -0.3 is 15.1 Å². The Morgan fingerprint density at radius 1 is 1.26 bits per heavy atom. The van der Waals surface area contributed by atoms with Crippen molar-refractivity contribution in [1.29, 1.82) is 0 Å². The number of carbonyl (C=O) groups is 1. The van der Waals surface area contributed by atoms with Crippen LogP contribution >= 0.6 is 23.1 Å². The first-order valence-electron chi connectivity index (χ1n) is 7.72. The van der Waals surface area contributed by atoms with E-state index < -0.39 is 0 Å². The molecule has 0 aliphatic carbocycles. The van der Waals surface area contributed by atoms with Crippen molar-refractivity contribution in [1.82, 2.24) is 15.5 Å². The van der Waals surface area contributed by atoms with Crippen molar-refractivity contribution in [3.8, 4) is 0 Å². The third-order valence-electron chi connectivity index (χ3n) is 3.82. The maximum Gasteiger partial charge on any atom is 0.315 e. The van der Waals surface area contributed by atoms with E-state index in [0.717, 1.165) is 35.2 Å². The Labute approximate surface area is 144 Å². The van der Waals surface area contributed by atoms with Gasteiger partial charge in [0.25, 0.3) is 0 Å². The molecular formula is C16H21N3O2S2. The zero-order chi connectivity index (χ0) is 15.9. The van der Waals surface area contributed by atoms with Crippen LogP contribution in [0.2, 0.25) is 0 Å². The van der Waals surface area contributed by atoms with Crippen LogP contribution in [0.3, 0.4) is 0 Å². The maximum atomic E-state index is 12.0. The lowest BCUT2D eigenvalue weighted by atomic mass is 10.2. The molecular weight excluding hydrogens is 330 g/mol. The van der Waals surface area contributed by atoms with Crippen molar-refractivity contribution in [2.24, 2.45) is 0 Å². The van der Waals surface area contributed by atoms with Gasteiger partial charge in [0, 0.05) is 36.0 Å². The average Bonchev–Trinajstić information content (AvgIpc) is 3.28. The molecule has 0 unspecified atom stereocenters. The molecule has 2 amide bonds. The highest BCUT2D eigenvalue weighted by atomic mass is 32.2. The quantitative estimate of drug-likeness (QED) is 0.840. The molecule has 7 heteroatoms. The van der Waals surface area contributed by atoms with Crippen LogP contribution in [-0.2, 0) is 6.54 Å². The fraction of sp³-hybridized carbons (Fsp3) is 0.438. The predicted octanol–water partition coefficient (Wildman–Crippen LogP) is 2.93. The number of hydrogen-bond donors (Lipinski definition) is 2. The van der Waals surface area contributed by atoms with Crippen LogP contribution in [0.25, 0.3) is 0 Å². The molecule has 1 aliphatic rings. The first-order valence-corrected chi connectivity index (χ1v) is 9.75. The molecule has 23 heavy (non-hydrogen) atoms. The Balaban J connectivity index is 1.52. The number of furan rings is 1. The summed E-state index contributed by atoms with van der Waals surface area (Å²) in [4.78, 5) is 15.6. The van der Waals surface area contributed by atoms with E-state index in [1.807, 2.05) is 41.4 Å². The lowest BCUT2D eigenvalue weighted by molar-refractivity contribution is 0.185. The molecule has 2 aromatic rings. The van der Waals surface area contributed by atoms with Crippen molar-refractivity contribution >= 4 is 29.1 Å². The van der Waals surface area contributed by atoms with E-state index in [9.17, 15) is 4.79 Å². The lowest BCUT2D eigenvalue weighted by Gasteiger charge is -2.33. The minimum Gasteiger partial charge on any atom is -0.468 e. The third-order valence-corrected chi connectivity index (χ3v) is 5.64.